The predicted molar refractivity (Wildman–Crippen MR) is 126 cm³/mol. The van der Waals surface area contributed by atoms with Gasteiger partial charge in [-0.3, -0.25) is 4.79 Å². The number of carbonyl (C=O) groups excluding carboxylic acids is 1. The molecule has 0 aliphatic carbocycles. The van der Waals surface area contributed by atoms with Gasteiger partial charge < -0.3 is 25.2 Å². The standard InChI is InChI=1S/C20H35N5O2.HI/c1-17(18-10-7-6-8-11-18)23-20(22-16-19(26)24(2)3)21-12-14-25(4)13-9-15-27-5;/h6-8,10-11,17H,9,12-16H2,1-5H3,(H2,21,22,23);1H. The second-order valence-corrected chi connectivity index (χ2v) is 6.81. The van der Waals surface area contributed by atoms with Gasteiger partial charge in [-0.2, -0.15) is 0 Å². The molecule has 0 fully saturated rings. The largest absolute Gasteiger partial charge is 0.385 e. The molecular formula is C20H36IN5O2. The first-order chi connectivity index (χ1) is 12.9. The second-order valence-electron chi connectivity index (χ2n) is 6.81. The third kappa shape index (κ3) is 11.5. The minimum atomic E-state index is -0.0276. The zero-order chi connectivity index (χ0) is 20.1. The van der Waals surface area contributed by atoms with E-state index in [1.165, 1.54) is 5.56 Å². The summed E-state index contributed by atoms with van der Waals surface area (Å²) in [6.07, 6.45) is 1.01. The summed E-state index contributed by atoms with van der Waals surface area (Å²) in [5.41, 5.74) is 1.17. The maximum absolute atomic E-state index is 11.9. The Bertz CT molecular complexity index is 569. The smallest absolute Gasteiger partial charge is 0.243 e. The van der Waals surface area contributed by atoms with Crippen molar-refractivity contribution in [2.45, 2.75) is 19.4 Å². The minimum absolute atomic E-state index is 0. The molecule has 0 heterocycles. The molecule has 1 aromatic rings. The van der Waals surface area contributed by atoms with Crippen molar-refractivity contribution in [3.05, 3.63) is 35.9 Å². The van der Waals surface area contributed by atoms with E-state index < -0.39 is 0 Å². The summed E-state index contributed by atoms with van der Waals surface area (Å²) >= 11 is 0. The number of aliphatic imine (C=N–C) groups is 1. The summed E-state index contributed by atoms with van der Waals surface area (Å²) in [6, 6.07) is 10.3. The highest BCUT2D eigenvalue weighted by atomic mass is 127. The lowest BCUT2D eigenvalue weighted by Gasteiger charge is -2.21. The van der Waals surface area contributed by atoms with Crippen molar-refractivity contribution in [1.29, 1.82) is 0 Å². The van der Waals surface area contributed by atoms with Gasteiger partial charge in [-0.25, -0.2) is 4.99 Å². The third-order valence-electron chi connectivity index (χ3n) is 4.20. The van der Waals surface area contributed by atoms with E-state index in [0.29, 0.717) is 5.96 Å². The van der Waals surface area contributed by atoms with Crippen LogP contribution in [0.3, 0.4) is 0 Å². The summed E-state index contributed by atoms with van der Waals surface area (Å²) in [6.45, 7) is 5.58. The van der Waals surface area contributed by atoms with Crippen LogP contribution in [-0.2, 0) is 9.53 Å². The van der Waals surface area contributed by atoms with E-state index in [2.05, 4.69) is 46.6 Å². The first-order valence-corrected chi connectivity index (χ1v) is 9.41. The van der Waals surface area contributed by atoms with Crippen molar-refractivity contribution >= 4 is 35.8 Å². The van der Waals surface area contributed by atoms with Gasteiger partial charge in [-0.05, 0) is 26.0 Å². The molecule has 0 bridgehead atoms. The Labute approximate surface area is 186 Å². The fourth-order valence-electron chi connectivity index (χ4n) is 2.43. The number of benzene rings is 1. The topological polar surface area (TPSA) is 69.2 Å². The molecule has 1 rings (SSSR count). The number of likely N-dealkylation sites (N-methyl/N-ethyl adjacent to an activating group) is 2. The fraction of sp³-hybridized carbons (Fsp3) is 0.600. The molecule has 1 unspecified atom stereocenters. The Balaban J connectivity index is 0.00000729. The van der Waals surface area contributed by atoms with Crippen molar-refractivity contribution < 1.29 is 9.53 Å². The number of guanidine groups is 1. The monoisotopic (exact) mass is 505 g/mol. The summed E-state index contributed by atoms with van der Waals surface area (Å²) in [4.78, 5) is 20.1. The molecule has 0 spiro atoms. The lowest BCUT2D eigenvalue weighted by atomic mass is 10.1. The van der Waals surface area contributed by atoms with Crippen LogP contribution in [0, 0.1) is 0 Å². The van der Waals surface area contributed by atoms with Gasteiger partial charge >= 0.3 is 0 Å². The summed E-state index contributed by atoms with van der Waals surface area (Å²) in [5, 5.41) is 6.71. The molecule has 28 heavy (non-hydrogen) atoms. The zero-order valence-corrected chi connectivity index (χ0v) is 20.1. The van der Waals surface area contributed by atoms with Crippen LogP contribution in [0.15, 0.2) is 35.3 Å². The molecule has 8 heteroatoms. The number of hydrogen-bond acceptors (Lipinski definition) is 4. The number of halogens is 1. The number of nitrogens with zero attached hydrogens (tertiary/aromatic N) is 3. The normalized spacial score (nSPS) is 12.3. The van der Waals surface area contributed by atoms with Crippen molar-refractivity contribution in [1.82, 2.24) is 20.4 Å². The number of methoxy groups -OCH3 is 1. The molecule has 1 amide bonds. The Morgan fingerprint density at radius 2 is 1.86 bits per heavy atom. The number of nitrogens with one attached hydrogen (secondary N) is 2. The van der Waals surface area contributed by atoms with Crippen LogP contribution in [0.2, 0.25) is 0 Å². The van der Waals surface area contributed by atoms with Crippen molar-refractivity contribution in [3.63, 3.8) is 0 Å². The van der Waals surface area contributed by atoms with E-state index in [1.54, 1.807) is 26.1 Å². The quantitative estimate of drug-likeness (QED) is 0.208. The Morgan fingerprint density at radius 1 is 1.18 bits per heavy atom. The summed E-state index contributed by atoms with van der Waals surface area (Å²) in [7, 11) is 7.28. The fourth-order valence-corrected chi connectivity index (χ4v) is 2.43. The van der Waals surface area contributed by atoms with Gasteiger partial charge in [0.25, 0.3) is 0 Å². The van der Waals surface area contributed by atoms with Crippen LogP contribution in [0.4, 0.5) is 0 Å². The van der Waals surface area contributed by atoms with Crippen LogP contribution >= 0.6 is 24.0 Å². The average Bonchev–Trinajstić information content (AvgIpc) is 2.66. The number of rotatable bonds is 11. The van der Waals surface area contributed by atoms with E-state index in [-0.39, 0.29) is 42.5 Å². The number of hydrogen-bond donors (Lipinski definition) is 2. The van der Waals surface area contributed by atoms with E-state index in [9.17, 15) is 4.79 Å². The number of amides is 1. The van der Waals surface area contributed by atoms with Crippen LogP contribution in [0.5, 0.6) is 0 Å². The van der Waals surface area contributed by atoms with E-state index in [1.807, 2.05) is 18.2 Å². The molecule has 0 saturated heterocycles. The highest BCUT2D eigenvalue weighted by Gasteiger charge is 2.09. The van der Waals surface area contributed by atoms with Gasteiger partial charge in [0, 0.05) is 47.4 Å². The van der Waals surface area contributed by atoms with Gasteiger partial charge in [0.15, 0.2) is 5.96 Å². The number of carbonyl (C=O) groups is 1. The second kappa shape index (κ2) is 15.5. The van der Waals surface area contributed by atoms with E-state index in [0.717, 1.165) is 32.7 Å². The van der Waals surface area contributed by atoms with Gasteiger partial charge in [-0.15, -0.1) is 24.0 Å². The first-order valence-electron chi connectivity index (χ1n) is 9.41. The predicted octanol–water partition coefficient (Wildman–Crippen LogP) is 1.96. The van der Waals surface area contributed by atoms with Crippen molar-refractivity contribution in [3.8, 4) is 0 Å². The van der Waals surface area contributed by atoms with Gasteiger partial charge in [0.05, 0.1) is 6.04 Å². The third-order valence-corrected chi connectivity index (χ3v) is 4.20. The Kier molecular flexibility index (Phi) is 14.8. The van der Waals surface area contributed by atoms with E-state index >= 15 is 0 Å². The Hall–Kier alpha value is -1.39. The first kappa shape index (κ1) is 26.6. The molecule has 160 valence electrons. The van der Waals surface area contributed by atoms with Crippen LogP contribution < -0.4 is 10.6 Å². The van der Waals surface area contributed by atoms with Crippen LogP contribution in [0.25, 0.3) is 0 Å². The van der Waals surface area contributed by atoms with Crippen molar-refractivity contribution in [2.75, 3.05) is 61.0 Å². The molecule has 0 aliphatic heterocycles. The molecule has 7 nitrogen and oxygen atoms in total. The maximum atomic E-state index is 11.9. The Morgan fingerprint density at radius 3 is 2.46 bits per heavy atom. The molecule has 0 aliphatic rings. The molecule has 1 aromatic carbocycles. The van der Waals surface area contributed by atoms with Gasteiger partial charge in [0.1, 0.15) is 6.54 Å². The molecule has 0 radical (unpaired) electrons. The SMILES string of the molecule is COCCCN(C)CCNC(=NCC(=O)N(C)C)NC(C)c1ccccc1.I. The number of ether oxygens (including phenoxy) is 1. The maximum Gasteiger partial charge on any atom is 0.243 e. The molecular weight excluding hydrogens is 469 g/mol. The summed E-state index contributed by atoms with van der Waals surface area (Å²) in [5.74, 6) is 0.618. The van der Waals surface area contributed by atoms with Crippen LogP contribution in [-0.4, -0.2) is 82.7 Å². The molecule has 0 aromatic heterocycles. The van der Waals surface area contributed by atoms with Gasteiger partial charge in [0.2, 0.25) is 5.91 Å². The van der Waals surface area contributed by atoms with Gasteiger partial charge in [-0.1, -0.05) is 30.3 Å². The lowest BCUT2D eigenvalue weighted by molar-refractivity contribution is -0.127. The highest BCUT2D eigenvalue weighted by Crippen LogP contribution is 2.10. The summed E-state index contributed by atoms with van der Waals surface area (Å²) < 4.78 is 5.09. The minimum Gasteiger partial charge on any atom is -0.385 e. The lowest BCUT2D eigenvalue weighted by Crippen LogP contribution is -2.42. The molecule has 0 saturated carbocycles. The average molecular weight is 505 g/mol. The highest BCUT2D eigenvalue weighted by molar-refractivity contribution is 14.0. The van der Waals surface area contributed by atoms with E-state index in [4.69, 9.17) is 4.74 Å². The zero-order valence-electron chi connectivity index (χ0n) is 17.8. The van der Waals surface area contributed by atoms with Crippen LogP contribution in [0.1, 0.15) is 24.9 Å². The molecule has 2 N–H and O–H groups in total. The van der Waals surface area contributed by atoms with Crippen molar-refractivity contribution in [2.24, 2.45) is 4.99 Å². The molecule has 1 atom stereocenters.